The van der Waals surface area contributed by atoms with Gasteiger partial charge in [-0.05, 0) is 37.1 Å². The first-order valence-corrected chi connectivity index (χ1v) is 7.06. The predicted octanol–water partition coefficient (Wildman–Crippen LogP) is 4.30. The molecule has 0 saturated heterocycles. The Morgan fingerprint density at radius 3 is 2.19 bits per heavy atom. The van der Waals surface area contributed by atoms with Crippen LogP contribution in [0.4, 0.5) is 18.9 Å². The molecule has 0 bridgehead atoms. The van der Waals surface area contributed by atoms with Gasteiger partial charge in [0, 0.05) is 25.3 Å². The fourth-order valence-electron chi connectivity index (χ4n) is 2.20. The van der Waals surface area contributed by atoms with Crippen LogP contribution in [0.5, 0.6) is 0 Å². The van der Waals surface area contributed by atoms with Gasteiger partial charge in [-0.25, -0.2) is 0 Å². The molecule has 2 nitrogen and oxygen atoms in total. The summed E-state index contributed by atoms with van der Waals surface area (Å²) in [5.41, 5.74) is 0.272. The second-order valence-electron chi connectivity index (χ2n) is 6.52. The number of halogens is 3. The highest BCUT2D eigenvalue weighted by atomic mass is 19.4. The third-order valence-electron chi connectivity index (χ3n) is 4.01. The minimum atomic E-state index is -4.34. The quantitative estimate of drug-likeness (QED) is 0.892. The van der Waals surface area contributed by atoms with Gasteiger partial charge in [0.05, 0.1) is 5.56 Å². The molecule has 1 aromatic carbocycles. The van der Waals surface area contributed by atoms with Gasteiger partial charge in [0.1, 0.15) is 0 Å². The molecule has 120 valence electrons. The maximum absolute atomic E-state index is 13.2. The Morgan fingerprint density at radius 1 is 1.19 bits per heavy atom. The van der Waals surface area contributed by atoms with E-state index in [-0.39, 0.29) is 23.6 Å². The van der Waals surface area contributed by atoms with E-state index in [0.717, 1.165) is 0 Å². The van der Waals surface area contributed by atoms with Gasteiger partial charge in [-0.15, -0.1) is 0 Å². The molecule has 0 radical (unpaired) electrons. The van der Waals surface area contributed by atoms with Gasteiger partial charge in [0.2, 0.25) is 0 Å². The van der Waals surface area contributed by atoms with Crippen molar-refractivity contribution in [3.8, 4) is 0 Å². The van der Waals surface area contributed by atoms with Crippen LogP contribution in [-0.2, 0) is 12.7 Å². The number of benzene rings is 1. The van der Waals surface area contributed by atoms with Crippen LogP contribution >= 0.6 is 0 Å². The molecule has 0 heterocycles. The number of alkyl halides is 3. The fourth-order valence-corrected chi connectivity index (χ4v) is 2.20. The van der Waals surface area contributed by atoms with Crippen molar-refractivity contribution in [2.24, 2.45) is 5.41 Å². The number of rotatable bonds is 4. The molecule has 1 unspecified atom stereocenters. The molecule has 0 aliphatic rings. The van der Waals surface area contributed by atoms with E-state index in [4.69, 9.17) is 0 Å². The molecule has 0 spiro atoms. The summed E-state index contributed by atoms with van der Waals surface area (Å²) in [6, 6.07) is 4.67. The lowest BCUT2D eigenvalue weighted by atomic mass is 9.87. The van der Waals surface area contributed by atoms with E-state index in [0.29, 0.717) is 5.69 Å². The highest BCUT2D eigenvalue weighted by Gasteiger charge is 2.34. The Labute approximate surface area is 125 Å². The van der Waals surface area contributed by atoms with Gasteiger partial charge in [0.15, 0.2) is 0 Å². The molecule has 0 fully saturated rings. The van der Waals surface area contributed by atoms with E-state index in [9.17, 15) is 13.2 Å². The second-order valence-corrected chi connectivity index (χ2v) is 6.52. The van der Waals surface area contributed by atoms with Gasteiger partial charge in [-0.3, -0.25) is 0 Å². The molecule has 0 saturated carbocycles. The number of hydrogen-bond acceptors (Lipinski definition) is 2. The number of hydrogen-bond donors (Lipinski definition) is 1. The minimum absolute atomic E-state index is 0.0171. The van der Waals surface area contributed by atoms with E-state index in [1.54, 1.807) is 19.2 Å². The Kier molecular flexibility index (Phi) is 5.31. The molecular formula is C16H25F3N2. The average molecular weight is 302 g/mol. The van der Waals surface area contributed by atoms with Crippen molar-refractivity contribution in [2.75, 3.05) is 19.0 Å². The fraction of sp³-hybridized carbons (Fsp3) is 0.625. The van der Waals surface area contributed by atoms with Crippen molar-refractivity contribution in [3.63, 3.8) is 0 Å². The van der Waals surface area contributed by atoms with Crippen molar-refractivity contribution in [1.29, 1.82) is 0 Å². The summed E-state index contributed by atoms with van der Waals surface area (Å²) in [5, 5.41) is 2.78. The number of nitrogens with one attached hydrogen (secondary N) is 1. The molecule has 0 amide bonds. The molecule has 0 aromatic heterocycles. The van der Waals surface area contributed by atoms with Crippen molar-refractivity contribution < 1.29 is 13.2 Å². The van der Waals surface area contributed by atoms with Crippen LogP contribution in [0.2, 0.25) is 0 Å². The average Bonchev–Trinajstić information content (AvgIpc) is 2.35. The van der Waals surface area contributed by atoms with Crippen molar-refractivity contribution in [3.05, 3.63) is 29.3 Å². The van der Waals surface area contributed by atoms with Gasteiger partial charge in [0.25, 0.3) is 0 Å². The van der Waals surface area contributed by atoms with E-state index < -0.39 is 11.7 Å². The first-order chi connectivity index (χ1) is 9.48. The van der Waals surface area contributed by atoms with E-state index >= 15 is 0 Å². The lowest BCUT2D eigenvalue weighted by Crippen LogP contribution is -2.39. The van der Waals surface area contributed by atoms with E-state index in [1.807, 2.05) is 18.9 Å². The smallest absolute Gasteiger partial charge is 0.371 e. The molecule has 1 aromatic rings. The number of nitrogens with zero attached hydrogens (tertiary/aromatic N) is 1. The number of anilines is 1. The molecule has 1 N–H and O–H groups in total. The zero-order chi connectivity index (χ0) is 16.4. The maximum atomic E-state index is 13.2. The summed E-state index contributed by atoms with van der Waals surface area (Å²) >= 11 is 0. The summed E-state index contributed by atoms with van der Waals surface area (Å²) in [6.45, 7) is 8.46. The van der Waals surface area contributed by atoms with Crippen LogP contribution in [-0.4, -0.2) is 20.1 Å². The van der Waals surface area contributed by atoms with Crippen molar-refractivity contribution in [1.82, 2.24) is 5.32 Å². The second kappa shape index (κ2) is 6.26. The van der Waals surface area contributed by atoms with Crippen molar-refractivity contribution >= 4 is 5.69 Å². The monoisotopic (exact) mass is 302 g/mol. The van der Waals surface area contributed by atoms with Crippen LogP contribution in [0.3, 0.4) is 0 Å². The summed E-state index contributed by atoms with van der Waals surface area (Å²) in [4.78, 5) is 1.90. The predicted molar refractivity (Wildman–Crippen MR) is 81.5 cm³/mol. The first kappa shape index (κ1) is 17.8. The van der Waals surface area contributed by atoms with Crippen LogP contribution < -0.4 is 10.2 Å². The van der Waals surface area contributed by atoms with Crippen LogP contribution in [0.25, 0.3) is 0 Å². The third kappa shape index (κ3) is 4.37. The highest BCUT2D eigenvalue weighted by molar-refractivity contribution is 5.52. The largest absolute Gasteiger partial charge is 0.416 e. The lowest BCUT2D eigenvalue weighted by molar-refractivity contribution is -0.138. The maximum Gasteiger partial charge on any atom is 0.416 e. The summed E-state index contributed by atoms with van der Waals surface area (Å²) in [7, 11) is 3.48. The molecule has 1 atom stereocenters. The van der Waals surface area contributed by atoms with E-state index in [2.05, 4.69) is 26.1 Å². The summed E-state index contributed by atoms with van der Waals surface area (Å²) in [6.07, 6.45) is -4.34. The molecule has 1 rings (SSSR count). The zero-order valence-electron chi connectivity index (χ0n) is 13.6. The molecular weight excluding hydrogens is 277 g/mol. The summed E-state index contributed by atoms with van der Waals surface area (Å²) in [5.74, 6) is 0. The molecule has 5 heteroatoms. The van der Waals surface area contributed by atoms with Gasteiger partial charge < -0.3 is 10.2 Å². The third-order valence-corrected chi connectivity index (χ3v) is 4.01. The van der Waals surface area contributed by atoms with Crippen LogP contribution in [0.15, 0.2) is 18.2 Å². The lowest BCUT2D eigenvalue weighted by Gasteiger charge is -2.37. The minimum Gasteiger partial charge on any atom is -0.371 e. The zero-order valence-corrected chi connectivity index (χ0v) is 13.6. The normalized spacial score (nSPS) is 14.1. The Balaban J connectivity index is 3.22. The molecule has 21 heavy (non-hydrogen) atoms. The van der Waals surface area contributed by atoms with Gasteiger partial charge in [-0.1, -0.05) is 26.8 Å². The van der Waals surface area contributed by atoms with Crippen molar-refractivity contribution in [2.45, 2.75) is 46.5 Å². The Morgan fingerprint density at radius 2 is 1.76 bits per heavy atom. The van der Waals surface area contributed by atoms with E-state index in [1.165, 1.54) is 6.07 Å². The van der Waals surface area contributed by atoms with Crippen LogP contribution in [0.1, 0.15) is 38.8 Å². The SMILES string of the molecule is CNCc1ccc(N(C)C(C)C(C)(C)C)cc1C(F)(F)F. The van der Waals surface area contributed by atoms with Gasteiger partial charge >= 0.3 is 6.18 Å². The first-order valence-electron chi connectivity index (χ1n) is 7.06. The standard InChI is InChI=1S/C16H25F3N2/c1-11(15(2,3)4)21(6)13-8-7-12(10-20-5)14(9-13)16(17,18)19/h7-9,11,20H,10H2,1-6H3. The van der Waals surface area contributed by atoms with Crippen LogP contribution in [0, 0.1) is 5.41 Å². The Hall–Kier alpha value is -1.23. The Bertz CT molecular complexity index is 475. The van der Waals surface area contributed by atoms with Gasteiger partial charge in [-0.2, -0.15) is 13.2 Å². The highest BCUT2D eigenvalue weighted by Crippen LogP contribution is 2.36. The molecule has 0 aliphatic heterocycles. The topological polar surface area (TPSA) is 15.3 Å². The molecule has 0 aliphatic carbocycles. The summed E-state index contributed by atoms with van der Waals surface area (Å²) < 4.78 is 39.6.